The van der Waals surface area contributed by atoms with Gasteiger partial charge in [-0.05, 0) is 29.3 Å². The van der Waals surface area contributed by atoms with Gasteiger partial charge in [-0.3, -0.25) is 14.5 Å². The van der Waals surface area contributed by atoms with Crippen LogP contribution in [0.25, 0.3) is 11.3 Å². The summed E-state index contributed by atoms with van der Waals surface area (Å²) in [4.78, 5) is 18.8. The molecule has 2 heterocycles. The van der Waals surface area contributed by atoms with E-state index in [4.69, 9.17) is 16.3 Å². The Balaban J connectivity index is 1.60. The van der Waals surface area contributed by atoms with Crippen LogP contribution in [0.2, 0.25) is 5.02 Å². The number of nitrogens with zero attached hydrogens (tertiary/aromatic N) is 4. The predicted molar refractivity (Wildman–Crippen MR) is 128 cm³/mol. The lowest BCUT2D eigenvalue weighted by Crippen LogP contribution is -2.44. The zero-order valence-corrected chi connectivity index (χ0v) is 20.0. The second-order valence-electron chi connectivity index (χ2n) is 8.41. The van der Waals surface area contributed by atoms with Crippen molar-refractivity contribution in [2.45, 2.75) is 24.9 Å². The molecule has 0 saturated carbocycles. The van der Waals surface area contributed by atoms with Gasteiger partial charge in [-0.2, -0.15) is 13.9 Å². The molecule has 1 aliphatic heterocycles. The van der Waals surface area contributed by atoms with Gasteiger partial charge in [0.25, 0.3) is 5.91 Å². The van der Waals surface area contributed by atoms with E-state index in [1.807, 2.05) is 24.3 Å². The lowest BCUT2D eigenvalue weighted by Gasteiger charge is -2.33. The molecule has 0 radical (unpaired) electrons. The molecule has 190 valence electrons. The van der Waals surface area contributed by atoms with Crippen LogP contribution < -0.4 is 0 Å². The fourth-order valence-electron chi connectivity index (χ4n) is 3.90. The van der Waals surface area contributed by atoms with Crippen LogP contribution in [0.4, 0.5) is 17.6 Å². The monoisotopic (exact) mass is 522 g/mol. The van der Waals surface area contributed by atoms with E-state index in [1.54, 1.807) is 48.5 Å². The molecule has 6 nitrogen and oxygen atoms in total. The zero-order valence-electron chi connectivity index (χ0n) is 19.3. The lowest BCUT2D eigenvalue weighted by atomic mass is 10.1. The van der Waals surface area contributed by atoms with E-state index in [2.05, 4.69) is 10.1 Å². The molecule has 0 saturated heterocycles. The van der Waals surface area contributed by atoms with Crippen LogP contribution in [-0.4, -0.2) is 66.0 Å². The van der Waals surface area contributed by atoms with Crippen molar-refractivity contribution in [2.24, 2.45) is 4.99 Å². The molecule has 1 unspecified atom stereocenters. The highest BCUT2D eigenvalue weighted by Crippen LogP contribution is 2.29. The summed E-state index contributed by atoms with van der Waals surface area (Å²) in [6.07, 6.45) is -2.13. The van der Waals surface area contributed by atoms with Crippen molar-refractivity contribution < 1.29 is 27.1 Å². The van der Waals surface area contributed by atoms with Crippen LogP contribution in [0.5, 0.6) is 0 Å². The van der Waals surface area contributed by atoms with E-state index >= 15 is 0 Å². The maximum Gasteiger partial charge on any atom is 0.330 e. The average Bonchev–Trinajstić information content (AvgIpc) is 3.29. The summed E-state index contributed by atoms with van der Waals surface area (Å²) in [5.41, 5.74) is 3.20. The van der Waals surface area contributed by atoms with Gasteiger partial charge >= 0.3 is 12.3 Å². The number of rotatable bonds is 9. The first-order valence-electron chi connectivity index (χ1n) is 11.1. The van der Waals surface area contributed by atoms with Crippen molar-refractivity contribution in [2.75, 3.05) is 26.8 Å². The summed E-state index contributed by atoms with van der Waals surface area (Å²) in [6, 6.07) is 15.3. The number of carbonyl (C=O) groups is 1. The number of aliphatic imine (C=N–C) groups is 1. The second-order valence-corrected chi connectivity index (χ2v) is 8.85. The summed E-state index contributed by atoms with van der Waals surface area (Å²) in [6.45, 7) is -1.40. The van der Waals surface area contributed by atoms with Crippen molar-refractivity contribution in [1.29, 1.82) is 0 Å². The second kappa shape index (κ2) is 10.8. The first kappa shape index (κ1) is 25.8. The molecule has 1 aromatic heterocycles. The van der Waals surface area contributed by atoms with Gasteiger partial charge in [-0.1, -0.05) is 48.0 Å². The Kier molecular flexibility index (Phi) is 7.75. The number of ether oxygens (including phenoxy) is 1. The summed E-state index contributed by atoms with van der Waals surface area (Å²) in [7, 11) is 1.67. The average molecular weight is 523 g/mol. The highest BCUT2D eigenvalue weighted by Gasteiger charge is 2.41. The maximum absolute atomic E-state index is 13.4. The van der Waals surface area contributed by atoms with E-state index in [0.29, 0.717) is 16.3 Å². The molecule has 0 spiro atoms. The maximum atomic E-state index is 13.4. The van der Waals surface area contributed by atoms with Crippen LogP contribution in [0.3, 0.4) is 0 Å². The van der Waals surface area contributed by atoms with Crippen molar-refractivity contribution in [3.05, 3.63) is 76.4 Å². The van der Waals surface area contributed by atoms with Crippen molar-refractivity contribution in [3.8, 4) is 11.3 Å². The van der Waals surface area contributed by atoms with E-state index in [-0.39, 0.29) is 31.3 Å². The molecule has 3 aromatic rings. The Morgan fingerprint density at radius 1 is 1.19 bits per heavy atom. The normalized spacial score (nSPS) is 16.2. The Hall–Kier alpha value is -3.24. The number of benzene rings is 2. The molecule has 1 atom stereocenters. The van der Waals surface area contributed by atoms with Crippen molar-refractivity contribution >= 4 is 23.7 Å². The Morgan fingerprint density at radius 2 is 1.89 bits per heavy atom. The smallest absolute Gasteiger partial charge is 0.330 e. The van der Waals surface area contributed by atoms with Crippen LogP contribution in [0, 0.1) is 0 Å². The van der Waals surface area contributed by atoms with Gasteiger partial charge in [0.15, 0.2) is 0 Å². The fraction of sp³-hybridized carbons (Fsp3) is 0.320. The molecule has 2 aromatic carbocycles. The summed E-state index contributed by atoms with van der Waals surface area (Å²) >= 11 is 5.96. The third kappa shape index (κ3) is 5.76. The van der Waals surface area contributed by atoms with E-state index in [0.717, 1.165) is 11.1 Å². The number of fused-ring (bicyclic) bond motifs is 1. The zero-order chi connectivity index (χ0) is 25.9. The van der Waals surface area contributed by atoms with E-state index in [1.165, 1.54) is 4.68 Å². The third-order valence-corrected chi connectivity index (χ3v) is 5.97. The molecule has 4 rings (SSSR count). The van der Waals surface area contributed by atoms with Gasteiger partial charge in [0.1, 0.15) is 12.3 Å². The Labute approximate surface area is 210 Å². The topological polar surface area (TPSA) is 59.7 Å². The first-order valence-corrected chi connectivity index (χ1v) is 11.5. The summed E-state index contributed by atoms with van der Waals surface area (Å²) < 4.78 is 58.3. The highest BCUT2D eigenvalue weighted by molar-refractivity contribution is 6.30. The Morgan fingerprint density at radius 3 is 2.53 bits per heavy atom. The number of alkyl halides is 4. The number of hydrogen-bond acceptors (Lipinski definition) is 4. The molecule has 0 fully saturated rings. The molecular formula is C25H23ClF4N4O2. The fourth-order valence-corrected chi connectivity index (χ4v) is 4.03. The highest BCUT2D eigenvalue weighted by atomic mass is 35.5. The van der Waals surface area contributed by atoms with Crippen LogP contribution >= 0.6 is 11.6 Å². The van der Waals surface area contributed by atoms with Gasteiger partial charge in [-0.25, -0.2) is 8.78 Å². The van der Waals surface area contributed by atoms with Crippen LogP contribution in [-0.2, 0) is 11.3 Å². The number of hydrogen-bond donors (Lipinski definition) is 0. The van der Waals surface area contributed by atoms with Crippen LogP contribution in [0.1, 0.15) is 27.7 Å². The SMILES string of the molecule is CN=Cc1ccc(CN2CC(COCC(F)(F)C(F)F)n3nc(-c4ccc(Cl)cc4)cc3C2=O)cc1. The standard InChI is InChI=1S/C25H23ClF4N4O2/c1-31-11-16-2-4-17(5-3-16)12-33-13-20(14-36-15-25(29,30)24(27)28)34-22(23(33)35)10-21(32-34)18-6-8-19(26)9-7-18/h2-11,20,24H,12-15H2,1H3. The molecule has 1 amide bonds. The summed E-state index contributed by atoms with van der Waals surface area (Å²) in [5.74, 6) is -4.56. The number of aromatic nitrogens is 2. The van der Waals surface area contributed by atoms with Crippen molar-refractivity contribution in [1.82, 2.24) is 14.7 Å². The quantitative estimate of drug-likeness (QED) is 0.280. The third-order valence-electron chi connectivity index (χ3n) is 5.71. The van der Waals surface area contributed by atoms with Crippen LogP contribution in [0.15, 0.2) is 59.6 Å². The number of halogens is 5. The van der Waals surface area contributed by atoms with E-state index in [9.17, 15) is 22.4 Å². The minimum absolute atomic E-state index is 0.103. The molecule has 36 heavy (non-hydrogen) atoms. The first-order chi connectivity index (χ1) is 17.2. The minimum Gasteiger partial charge on any atom is -0.373 e. The van der Waals surface area contributed by atoms with Gasteiger partial charge in [0, 0.05) is 36.9 Å². The van der Waals surface area contributed by atoms with E-state index < -0.39 is 25.0 Å². The van der Waals surface area contributed by atoms with Crippen molar-refractivity contribution in [3.63, 3.8) is 0 Å². The number of amides is 1. The minimum atomic E-state index is -4.27. The molecule has 0 bridgehead atoms. The summed E-state index contributed by atoms with van der Waals surface area (Å²) in [5, 5.41) is 5.04. The molecule has 11 heteroatoms. The largest absolute Gasteiger partial charge is 0.373 e. The Bertz CT molecular complexity index is 1230. The molecule has 1 aliphatic rings. The van der Waals surface area contributed by atoms with Gasteiger partial charge < -0.3 is 9.64 Å². The number of carbonyl (C=O) groups excluding carboxylic acids is 1. The lowest BCUT2D eigenvalue weighted by molar-refractivity contribution is -0.168. The molecular weight excluding hydrogens is 500 g/mol. The van der Waals surface area contributed by atoms with Gasteiger partial charge in [0.05, 0.1) is 18.3 Å². The molecule has 0 N–H and O–H groups in total. The molecule has 0 aliphatic carbocycles. The predicted octanol–water partition coefficient (Wildman–Crippen LogP) is 5.37. The van der Waals surface area contributed by atoms with Gasteiger partial charge in [0.2, 0.25) is 0 Å². The van der Waals surface area contributed by atoms with Gasteiger partial charge in [-0.15, -0.1) is 0 Å².